The number of imidazole rings is 1. The monoisotopic (exact) mass is 504 g/mol. The van der Waals surface area contributed by atoms with Gasteiger partial charge in [0.2, 0.25) is 6.79 Å². The molecule has 0 fully saturated rings. The van der Waals surface area contributed by atoms with Gasteiger partial charge in [0.05, 0.1) is 36.3 Å². The summed E-state index contributed by atoms with van der Waals surface area (Å²) in [5, 5.41) is 23.8. The van der Waals surface area contributed by atoms with E-state index in [2.05, 4.69) is 15.3 Å². The molecular weight excluding hydrogens is 472 g/mol. The molecule has 0 saturated heterocycles. The van der Waals surface area contributed by atoms with Gasteiger partial charge in [0.1, 0.15) is 12.1 Å². The molecule has 194 valence electrons. The van der Waals surface area contributed by atoms with E-state index in [4.69, 9.17) is 9.47 Å². The molecule has 0 saturated carbocycles. The van der Waals surface area contributed by atoms with Crippen LogP contribution in [0.5, 0.6) is 0 Å². The molecule has 2 aromatic heterocycles. The highest BCUT2D eigenvalue weighted by Gasteiger charge is 2.32. The number of hydrogen-bond acceptors (Lipinski definition) is 7. The van der Waals surface area contributed by atoms with Crippen LogP contribution >= 0.6 is 0 Å². The number of carboxylic acid groups (broad SMARTS) is 1. The molecule has 1 aromatic carbocycles. The lowest BCUT2D eigenvalue weighted by atomic mass is 9.88. The first kappa shape index (κ1) is 24.8. The zero-order valence-electron chi connectivity index (χ0n) is 20.6. The number of aliphatic hydroxyl groups is 1. The van der Waals surface area contributed by atoms with Crippen LogP contribution in [0.15, 0.2) is 67.0 Å². The fraction of sp³-hybridized carbons (Fsp3) is 0.393. The minimum Gasteiger partial charge on any atom is -0.481 e. The molecule has 4 heterocycles. The number of anilines is 1. The van der Waals surface area contributed by atoms with Gasteiger partial charge in [0.25, 0.3) is 0 Å². The second kappa shape index (κ2) is 11.5. The van der Waals surface area contributed by atoms with Gasteiger partial charge in [-0.15, -0.1) is 0 Å². The van der Waals surface area contributed by atoms with Crippen molar-refractivity contribution in [1.82, 2.24) is 14.5 Å². The third-order valence-electron chi connectivity index (χ3n) is 6.92. The molecule has 9 heteroatoms. The minimum absolute atomic E-state index is 0.0372. The van der Waals surface area contributed by atoms with Crippen molar-refractivity contribution >= 4 is 11.8 Å². The number of nitrogens with one attached hydrogen (secondary N) is 1. The average molecular weight is 505 g/mol. The zero-order chi connectivity index (χ0) is 25.6. The van der Waals surface area contributed by atoms with E-state index in [1.165, 1.54) is 5.56 Å². The number of carboxylic acids is 1. The van der Waals surface area contributed by atoms with Crippen molar-refractivity contribution in [2.45, 2.75) is 50.7 Å². The molecule has 3 aromatic rings. The van der Waals surface area contributed by atoms with Gasteiger partial charge in [0.15, 0.2) is 5.76 Å². The van der Waals surface area contributed by atoms with Crippen molar-refractivity contribution < 1.29 is 24.5 Å². The van der Waals surface area contributed by atoms with Crippen molar-refractivity contribution in [2.75, 3.05) is 18.7 Å². The Morgan fingerprint density at radius 3 is 2.84 bits per heavy atom. The average Bonchev–Trinajstić information content (AvgIpc) is 3.60. The van der Waals surface area contributed by atoms with E-state index in [1.807, 2.05) is 53.2 Å². The van der Waals surface area contributed by atoms with Crippen LogP contribution in [0.4, 0.5) is 5.82 Å². The number of fused-ring (bicyclic) bond motifs is 1. The van der Waals surface area contributed by atoms with E-state index in [-0.39, 0.29) is 19.1 Å². The Labute approximate surface area is 215 Å². The van der Waals surface area contributed by atoms with E-state index in [1.54, 1.807) is 12.6 Å². The van der Waals surface area contributed by atoms with Gasteiger partial charge in [-0.05, 0) is 49.3 Å². The molecule has 2 aliphatic rings. The standard InChI is InChI=1S/C28H32N4O5/c33-24(23-10-8-20-7-4-12-29-28(20)31-23)11-9-22-15-32(17-30-22)27(25-16-36-18-37-25)21(14-26(34)35)13-19-5-2-1-3-6-19/h1-3,5-6,8,10,15-17,21,24,27,33H,4,7,9,11-14,18H2,(H,29,31)(H,34,35). The summed E-state index contributed by atoms with van der Waals surface area (Å²) in [4.78, 5) is 21.0. The first-order chi connectivity index (χ1) is 18.1. The number of nitrogens with zero attached hydrogens (tertiary/aromatic N) is 3. The van der Waals surface area contributed by atoms with E-state index >= 15 is 0 Å². The van der Waals surface area contributed by atoms with Gasteiger partial charge >= 0.3 is 5.97 Å². The van der Waals surface area contributed by atoms with Crippen LogP contribution in [0.25, 0.3) is 0 Å². The Morgan fingerprint density at radius 2 is 2.05 bits per heavy atom. The number of carbonyl (C=O) groups is 1. The van der Waals surface area contributed by atoms with Gasteiger partial charge in [0, 0.05) is 18.7 Å². The maximum Gasteiger partial charge on any atom is 0.303 e. The van der Waals surface area contributed by atoms with Crippen LogP contribution in [0, 0.1) is 5.92 Å². The number of benzene rings is 1. The number of ether oxygens (including phenoxy) is 2. The molecule has 3 N–H and O–H groups in total. The van der Waals surface area contributed by atoms with E-state index in [0.29, 0.717) is 30.7 Å². The van der Waals surface area contributed by atoms with Crippen LogP contribution in [0.1, 0.15) is 53.9 Å². The Balaban J connectivity index is 1.31. The fourth-order valence-corrected chi connectivity index (χ4v) is 5.09. The highest BCUT2D eigenvalue weighted by atomic mass is 16.7. The Bertz CT molecular complexity index is 1240. The third kappa shape index (κ3) is 6.11. The number of hydrogen-bond donors (Lipinski definition) is 3. The highest BCUT2D eigenvalue weighted by molar-refractivity contribution is 5.67. The van der Waals surface area contributed by atoms with Crippen LogP contribution in [-0.4, -0.2) is 44.1 Å². The van der Waals surface area contributed by atoms with Crippen molar-refractivity contribution in [3.63, 3.8) is 0 Å². The lowest BCUT2D eigenvalue weighted by Gasteiger charge is -2.27. The molecule has 9 nitrogen and oxygen atoms in total. The van der Waals surface area contributed by atoms with Gasteiger partial charge in [-0.1, -0.05) is 36.4 Å². The number of aromatic nitrogens is 3. The topological polar surface area (TPSA) is 119 Å². The SMILES string of the molecule is O=C(O)CC(Cc1ccccc1)C(C1=COCO1)n1cnc(CCC(O)c2ccc3c(n2)NCCC3)c1. The Hall–Kier alpha value is -3.85. The first-order valence-electron chi connectivity index (χ1n) is 12.7. The number of aryl methyl sites for hydroxylation is 2. The Morgan fingerprint density at radius 1 is 1.19 bits per heavy atom. The molecule has 0 bridgehead atoms. The lowest BCUT2D eigenvalue weighted by Crippen LogP contribution is -2.25. The van der Waals surface area contributed by atoms with Gasteiger partial charge in [-0.3, -0.25) is 4.79 Å². The quantitative estimate of drug-likeness (QED) is 0.358. The van der Waals surface area contributed by atoms with E-state index in [0.717, 1.165) is 36.5 Å². The molecule has 0 spiro atoms. The summed E-state index contributed by atoms with van der Waals surface area (Å²) in [5.74, 6) is 0.287. The molecule has 0 amide bonds. The zero-order valence-corrected chi connectivity index (χ0v) is 20.6. The normalized spacial score (nSPS) is 16.9. The maximum absolute atomic E-state index is 11.8. The summed E-state index contributed by atoms with van der Waals surface area (Å²) in [6, 6.07) is 13.4. The number of aliphatic hydroxyl groups excluding tert-OH is 1. The first-order valence-corrected chi connectivity index (χ1v) is 12.7. The van der Waals surface area contributed by atoms with Crippen molar-refractivity contribution in [3.05, 3.63) is 89.5 Å². The molecule has 3 atom stereocenters. The molecule has 0 aliphatic carbocycles. The maximum atomic E-state index is 11.8. The number of allylic oxidation sites excluding steroid dienone is 1. The molecule has 3 unspecified atom stereocenters. The van der Waals surface area contributed by atoms with Gasteiger partial charge in [-0.2, -0.15) is 0 Å². The predicted octanol–water partition coefficient (Wildman–Crippen LogP) is 4.02. The summed E-state index contributed by atoms with van der Waals surface area (Å²) in [6.45, 7) is 1.00. The molecule has 5 rings (SSSR count). The summed E-state index contributed by atoms with van der Waals surface area (Å²) in [7, 11) is 0. The lowest BCUT2D eigenvalue weighted by molar-refractivity contribution is -0.138. The highest BCUT2D eigenvalue weighted by Crippen LogP contribution is 2.35. The number of rotatable bonds is 11. The fourth-order valence-electron chi connectivity index (χ4n) is 5.09. The summed E-state index contributed by atoms with van der Waals surface area (Å²) < 4.78 is 13.0. The molecule has 37 heavy (non-hydrogen) atoms. The summed E-state index contributed by atoms with van der Waals surface area (Å²) in [6.07, 6.45) is 8.09. The summed E-state index contributed by atoms with van der Waals surface area (Å²) in [5.41, 5.74) is 3.68. The Kier molecular flexibility index (Phi) is 7.70. The van der Waals surface area contributed by atoms with Crippen LogP contribution < -0.4 is 5.32 Å². The van der Waals surface area contributed by atoms with Crippen LogP contribution in [0.3, 0.4) is 0 Å². The number of pyridine rings is 1. The number of aliphatic carboxylic acids is 1. The van der Waals surface area contributed by atoms with Crippen LogP contribution in [-0.2, 0) is 33.5 Å². The minimum atomic E-state index is -0.874. The van der Waals surface area contributed by atoms with Gasteiger partial charge in [-0.25, -0.2) is 9.97 Å². The van der Waals surface area contributed by atoms with Crippen LogP contribution in [0.2, 0.25) is 0 Å². The third-order valence-corrected chi connectivity index (χ3v) is 6.92. The second-order valence-electron chi connectivity index (χ2n) is 9.58. The van der Waals surface area contributed by atoms with Crippen molar-refractivity contribution in [2.24, 2.45) is 5.92 Å². The predicted molar refractivity (Wildman–Crippen MR) is 137 cm³/mol. The smallest absolute Gasteiger partial charge is 0.303 e. The largest absolute Gasteiger partial charge is 0.481 e. The second-order valence-corrected chi connectivity index (χ2v) is 9.58. The molecule has 2 aliphatic heterocycles. The summed E-state index contributed by atoms with van der Waals surface area (Å²) >= 11 is 0. The van der Waals surface area contributed by atoms with Crippen molar-refractivity contribution in [1.29, 1.82) is 0 Å². The van der Waals surface area contributed by atoms with Crippen molar-refractivity contribution in [3.8, 4) is 0 Å². The molecular formula is C28H32N4O5. The van der Waals surface area contributed by atoms with Gasteiger partial charge < -0.3 is 29.6 Å². The van der Waals surface area contributed by atoms with E-state index in [9.17, 15) is 15.0 Å². The molecule has 0 radical (unpaired) electrons. The van der Waals surface area contributed by atoms with E-state index < -0.39 is 18.1 Å².